The number of halogens is 2. The number of benzene rings is 1. The smallest absolute Gasteiger partial charge is 0.237 e. The van der Waals surface area contributed by atoms with Crippen molar-refractivity contribution in [1.29, 1.82) is 0 Å². The molecule has 1 amide bonds. The lowest BCUT2D eigenvalue weighted by atomic mass is 10.1. The number of rotatable bonds is 3. The van der Waals surface area contributed by atoms with Crippen molar-refractivity contribution in [3.8, 4) is 0 Å². The Morgan fingerprint density at radius 1 is 1.63 bits per heavy atom. The maximum atomic E-state index is 13.8. The van der Waals surface area contributed by atoms with Crippen LogP contribution in [-0.2, 0) is 16.1 Å². The van der Waals surface area contributed by atoms with Crippen LogP contribution >= 0.6 is 15.9 Å². The van der Waals surface area contributed by atoms with Gasteiger partial charge in [-0.25, -0.2) is 4.39 Å². The van der Waals surface area contributed by atoms with Crippen LogP contribution in [0.15, 0.2) is 22.7 Å². The molecule has 1 heterocycles. The highest BCUT2D eigenvalue weighted by molar-refractivity contribution is 9.10. The summed E-state index contributed by atoms with van der Waals surface area (Å²) in [6.45, 7) is 3.23. The van der Waals surface area contributed by atoms with Crippen LogP contribution in [0.5, 0.6) is 0 Å². The molecule has 0 aliphatic carbocycles. The highest BCUT2D eigenvalue weighted by Crippen LogP contribution is 2.21. The molecule has 2 atom stereocenters. The van der Waals surface area contributed by atoms with Gasteiger partial charge in [0.25, 0.3) is 0 Å². The summed E-state index contributed by atoms with van der Waals surface area (Å²) < 4.78 is 19.9. The van der Waals surface area contributed by atoms with Gasteiger partial charge in [-0.05, 0) is 19.1 Å². The number of hydrogen-bond donors (Lipinski definition) is 1. The molecule has 0 radical (unpaired) electrons. The fraction of sp³-hybridized carbons (Fsp3) is 0.462. The van der Waals surface area contributed by atoms with Gasteiger partial charge in [0.1, 0.15) is 11.9 Å². The number of amides is 1. The third-order valence-electron chi connectivity index (χ3n) is 3.28. The second-order valence-corrected chi connectivity index (χ2v) is 5.54. The van der Waals surface area contributed by atoms with Gasteiger partial charge in [-0.3, -0.25) is 9.69 Å². The van der Waals surface area contributed by atoms with Crippen LogP contribution < -0.4 is 5.73 Å². The van der Waals surface area contributed by atoms with Crippen molar-refractivity contribution in [2.75, 3.05) is 13.2 Å². The zero-order valence-corrected chi connectivity index (χ0v) is 12.2. The number of morpholine rings is 1. The van der Waals surface area contributed by atoms with E-state index in [2.05, 4.69) is 15.9 Å². The summed E-state index contributed by atoms with van der Waals surface area (Å²) in [6.07, 6.45) is -0.273. The summed E-state index contributed by atoms with van der Waals surface area (Å²) in [4.78, 5) is 13.4. The average molecular weight is 331 g/mol. The van der Waals surface area contributed by atoms with Crippen LogP contribution in [-0.4, -0.2) is 36.1 Å². The number of carbonyl (C=O) groups is 1. The first kappa shape index (κ1) is 14.4. The van der Waals surface area contributed by atoms with Gasteiger partial charge in [0.05, 0.1) is 12.7 Å². The van der Waals surface area contributed by atoms with Crippen molar-refractivity contribution in [2.45, 2.75) is 25.6 Å². The van der Waals surface area contributed by atoms with E-state index >= 15 is 0 Å². The number of primary amides is 1. The molecule has 6 heteroatoms. The average Bonchev–Trinajstić information content (AvgIpc) is 2.32. The van der Waals surface area contributed by atoms with Crippen LogP contribution in [0.2, 0.25) is 0 Å². The lowest BCUT2D eigenvalue weighted by Crippen LogP contribution is -2.56. The second-order valence-electron chi connectivity index (χ2n) is 4.63. The van der Waals surface area contributed by atoms with Crippen LogP contribution in [0.25, 0.3) is 0 Å². The van der Waals surface area contributed by atoms with Gasteiger partial charge >= 0.3 is 0 Å². The summed E-state index contributed by atoms with van der Waals surface area (Å²) in [5, 5.41) is 0. The van der Waals surface area contributed by atoms with Gasteiger partial charge in [-0.1, -0.05) is 22.0 Å². The Balaban J connectivity index is 2.18. The second kappa shape index (κ2) is 5.98. The number of hydrogen-bond acceptors (Lipinski definition) is 3. The molecular formula is C13H16BrFN2O2. The van der Waals surface area contributed by atoms with E-state index in [0.717, 1.165) is 0 Å². The molecule has 1 aliphatic rings. The van der Waals surface area contributed by atoms with E-state index in [0.29, 0.717) is 29.7 Å². The van der Waals surface area contributed by atoms with Crippen molar-refractivity contribution in [1.82, 2.24) is 4.90 Å². The standard InChI is InChI=1S/C13H16BrFN2O2/c1-8-12(13(16)18)17(4-5-19-8)7-9-2-3-10(14)6-11(9)15/h2-3,6,8,12H,4-5,7H2,1H3,(H2,16,18)/t8-,12+/m1/s1. The molecule has 1 fully saturated rings. The molecule has 0 saturated carbocycles. The van der Waals surface area contributed by atoms with Crippen LogP contribution in [0.3, 0.4) is 0 Å². The van der Waals surface area contributed by atoms with Gasteiger partial charge in [0.15, 0.2) is 0 Å². The summed E-state index contributed by atoms with van der Waals surface area (Å²) in [6, 6.07) is 4.38. The first-order chi connectivity index (χ1) is 8.99. The summed E-state index contributed by atoms with van der Waals surface area (Å²) in [5.74, 6) is -0.735. The molecule has 19 heavy (non-hydrogen) atoms. The third-order valence-corrected chi connectivity index (χ3v) is 3.77. The maximum Gasteiger partial charge on any atom is 0.237 e. The predicted molar refractivity (Wildman–Crippen MR) is 72.9 cm³/mol. The first-order valence-corrected chi connectivity index (χ1v) is 6.87. The number of nitrogens with zero attached hydrogens (tertiary/aromatic N) is 1. The third kappa shape index (κ3) is 3.32. The zero-order chi connectivity index (χ0) is 14.0. The Morgan fingerprint density at radius 2 is 2.37 bits per heavy atom. The minimum Gasteiger partial charge on any atom is -0.375 e. The molecule has 0 bridgehead atoms. The number of carbonyl (C=O) groups excluding carboxylic acids is 1. The Bertz CT molecular complexity index is 484. The molecule has 0 aromatic heterocycles. The van der Waals surface area contributed by atoms with Crippen LogP contribution in [0.1, 0.15) is 12.5 Å². The lowest BCUT2D eigenvalue weighted by molar-refractivity contribution is -0.136. The van der Waals surface area contributed by atoms with Gasteiger partial charge < -0.3 is 10.5 Å². The van der Waals surface area contributed by atoms with Gasteiger partial charge in [0.2, 0.25) is 5.91 Å². The molecule has 1 aromatic carbocycles. The van der Waals surface area contributed by atoms with Gasteiger partial charge in [-0.15, -0.1) is 0 Å². The predicted octanol–water partition coefficient (Wildman–Crippen LogP) is 1.66. The van der Waals surface area contributed by atoms with Crippen LogP contribution in [0.4, 0.5) is 4.39 Å². The van der Waals surface area contributed by atoms with Crippen molar-refractivity contribution in [2.24, 2.45) is 5.73 Å². The Labute approximate surface area is 119 Å². The molecule has 0 spiro atoms. The Morgan fingerprint density at radius 3 is 3.00 bits per heavy atom. The van der Waals surface area contributed by atoms with Crippen molar-refractivity contribution in [3.05, 3.63) is 34.1 Å². The van der Waals surface area contributed by atoms with E-state index in [-0.39, 0.29) is 11.9 Å². The van der Waals surface area contributed by atoms with E-state index in [1.807, 2.05) is 4.90 Å². The Hall–Kier alpha value is -0.980. The van der Waals surface area contributed by atoms with E-state index in [4.69, 9.17) is 10.5 Å². The molecule has 0 unspecified atom stereocenters. The fourth-order valence-corrected chi connectivity index (χ4v) is 2.67. The van der Waals surface area contributed by atoms with Gasteiger partial charge in [0, 0.05) is 23.1 Å². The SMILES string of the molecule is C[C@H]1OCCN(Cc2ccc(Br)cc2F)[C@@H]1C(N)=O. The van der Waals surface area contributed by atoms with Crippen LogP contribution in [0, 0.1) is 5.82 Å². The largest absolute Gasteiger partial charge is 0.375 e. The van der Waals surface area contributed by atoms with Crippen molar-refractivity contribution < 1.29 is 13.9 Å². The molecule has 1 aromatic rings. The van der Waals surface area contributed by atoms with Crippen molar-refractivity contribution in [3.63, 3.8) is 0 Å². The summed E-state index contributed by atoms with van der Waals surface area (Å²) in [5.41, 5.74) is 5.95. The van der Waals surface area contributed by atoms with E-state index < -0.39 is 11.9 Å². The lowest BCUT2D eigenvalue weighted by Gasteiger charge is -2.37. The van der Waals surface area contributed by atoms with E-state index in [9.17, 15) is 9.18 Å². The first-order valence-electron chi connectivity index (χ1n) is 6.08. The molecule has 1 aliphatic heterocycles. The van der Waals surface area contributed by atoms with E-state index in [1.54, 1.807) is 19.1 Å². The van der Waals surface area contributed by atoms with Gasteiger partial charge in [-0.2, -0.15) is 0 Å². The minimum absolute atomic E-state index is 0.273. The van der Waals surface area contributed by atoms with E-state index in [1.165, 1.54) is 6.07 Å². The molecule has 4 nitrogen and oxygen atoms in total. The maximum absolute atomic E-state index is 13.8. The topological polar surface area (TPSA) is 55.6 Å². The fourth-order valence-electron chi connectivity index (χ4n) is 2.34. The monoisotopic (exact) mass is 330 g/mol. The zero-order valence-electron chi connectivity index (χ0n) is 10.6. The quantitative estimate of drug-likeness (QED) is 0.917. The summed E-state index contributed by atoms with van der Waals surface area (Å²) >= 11 is 3.22. The molecule has 2 N–H and O–H groups in total. The highest BCUT2D eigenvalue weighted by Gasteiger charge is 2.33. The summed E-state index contributed by atoms with van der Waals surface area (Å²) in [7, 11) is 0. The normalized spacial score (nSPS) is 24.4. The highest BCUT2D eigenvalue weighted by atomic mass is 79.9. The van der Waals surface area contributed by atoms with Crippen molar-refractivity contribution >= 4 is 21.8 Å². The number of nitrogens with two attached hydrogens (primary N) is 1. The molecular weight excluding hydrogens is 315 g/mol. The molecule has 2 rings (SSSR count). The minimum atomic E-state index is -0.517. The molecule has 1 saturated heterocycles. The number of ether oxygens (including phenoxy) is 1. The molecule has 104 valence electrons. The Kier molecular flexibility index (Phi) is 4.54.